The zero-order chi connectivity index (χ0) is 20.0. The van der Waals surface area contributed by atoms with Crippen molar-refractivity contribution in [2.45, 2.75) is 25.0 Å². The maximum absolute atomic E-state index is 13.5. The van der Waals surface area contributed by atoms with E-state index in [0.29, 0.717) is 18.8 Å². The van der Waals surface area contributed by atoms with Crippen LogP contribution in [0.3, 0.4) is 0 Å². The van der Waals surface area contributed by atoms with Crippen LogP contribution in [0.15, 0.2) is 59.9 Å². The molecule has 146 valence electrons. The fourth-order valence-electron chi connectivity index (χ4n) is 4.12. The molecule has 0 unspecified atom stereocenters. The van der Waals surface area contributed by atoms with Crippen molar-refractivity contribution in [1.29, 1.82) is 0 Å². The number of benzene rings is 2. The topological polar surface area (TPSA) is 53.9 Å². The molecule has 1 N–H and O–H groups in total. The van der Waals surface area contributed by atoms with Gasteiger partial charge in [-0.15, -0.1) is 0 Å². The molecule has 1 amide bonds. The molecule has 0 saturated carbocycles. The number of thioether (sulfide) groups is 1. The summed E-state index contributed by atoms with van der Waals surface area (Å²) in [5, 5.41) is 2.04. The summed E-state index contributed by atoms with van der Waals surface area (Å²) in [5.74, 6) is 0.0225. The third-order valence-corrected chi connectivity index (χ3v) is 6.22. The molecule has 5 rings (SSSR count). The molecule has 0 spiro atoms. The van der Waals surface area contributed by atoms with Gasteiger partial charge in [0.05, 0.1) is 6.20 Å². The number of aromatic amines is 1. The summed E-state index contributed by atoms with van der Waals surface area (Å²) in [7, 11) is 0. The summed E-state index contributed by atoms with van der Waals surface area (Å²) in [6.07, 6.45) is 4.52. The number of amides is 1. The Morgan fingerprint density at radius 1 is 1.17 bits per heavy atom. The lowest BCUT2D eigenvalue weighted by Gasteiger charge is -2.27. The van der Waals surface area contributed by atoms with Crippen molar-refractivity contribution < 1.29 is 4.79 Å². The fraction of sp³-hybridized carbons (Fsp3) is 0.217. The highest BCUT2D eigenvalue weighted by atomic mass is 32.2. The normalized spacial score (nSPS) is 13.7. The van der Waals surface area contributed by atoms with Gasteiger partial charge in [-0.1, -0.05) is 41.6 Å². The molecule has 2 aromatic heterocycles. The van der Waals surface area contributed by atoms with E-state index >= 15 is 0 Å². The summed E-state index contributed by atoms with van der Waals surface area (Å²) in [4.78, 5) is 23.5. The molecule has 0 atom stereocenters. The summed E-state index contributed by atoms with van der Waals surface area (Å²) >= 11 is 1.54. The number of aryl methyl sites for hydroxylation is 1. The van der Waals surface area contributed by atoms with Gasteiger partial charge in [-0.25, -0.2) is 4.98 Å². The van der Waals surface area contributed by atoms with Gasteiger partial charge in [0.1, 0.15) is 5.69 Å². The Kier molecular flexibility index (Phi) is 4.43. The van der Waals surface area contributed by atoms with Gasteiger partial charge in [0.2, 0.25) is 0 Å². The Hall–Kier alpha value is -2.99. The average Bonchev–Trinajstić information content (AvgIpc) is 3.34. The van der Waals surface area contributed by atoms with Crippen LogP contribution in [0, 0.1) is 6.92 Å². The Labute approximate surface area is 173 Å². The van der Waals surface area contributed by atoms with E-state index in [1.807, 2.05) is 46.1 Å². The molecule has 0 aliphatic carbocycles. The molecule has 0 radical (unpaired) electrons. The summed E-state index contributed by atoms with van der Waals surface area (Å²) in [6.45, 7) is 3.42. The lowest BCUT2D eigenvalue weighted by Crippen LogP contribution is -2.36. The number of rotatable bonds is 3. The van der Waals surface area contributed by atoms with Crippen molar-refractivity contribution >= 4 is 28.6 Å². The van der Waals surface area contributed by atoms with Crippen LogP contribution in [-0.2, 0) is 13.0 Å². The number of nitrogens with one attached hydrogen (secondary N) is 1. The second kappa shape index (κ2) is 7.12. The van der Waals surface area contributed by atoms with Gasteiger partial charge in [-0.3, -0.25) is 9.36 Å². The Bertz CT molecular complexity index is 1210. The van der Waals surface area contributed by atoms with Gasteiger partial charge in [-0.05, 0) is 37.4 Å². The van der Waals surface area contributed by atoms with Crippen molar-refractivity contribution in [3.05, 3.63) is 77.2 Å². The minimum Gasteiger partial charge on any atom is -0.358 e. The third-order valence-electron chi connectivity index (χ3n) is 5.56. The number of imidazole rings is 1. The molecule has 0 fully saturated rings. The van der Waals surface area contributed by atoms with Crippen LogP contribution in [0.4, 0.5) is 0 Å². The number of nitrogens with zero attached hydrogens (tertiary/aromatic N) is 3. The smallest absolute Gasteiger partial charge is 0.272 e. The number of hydrogen-bond donors (Lipinski definition) is 1. The van der Waals surface area contributed by atoms with Crippen LogP contribution in [0.25, 0.3) is 16.6 Å². The first-order chi connectivity index (χ1) is 14.2. The maximum atomic E-state index is 13.5. The van der Waals surface area contributed by atoms with Crippen molar-refractivity contribution in [2.75, 3.05) is 12.8 Å². The Morgan fingerprint density at radius 2 is 2.00 bits per heavy atom. The van der Waals surface area contributed by atoms with Crippen LogP contribution in [0.2, 0.25) is 0 Å². The molecule has 29 heavy (non-hydrogen) atoms. The molecule has 6 heteroatoms. The van der Waals surface area contributed by atoms with Crippen molar-refractivity contribution in [3.8, 4) is 5.69 Å². The van der Waals surface area contributed by atoms with E-state index in [-0.39, 0.29) is 5.91 Å². The lowest BCUT2D eigenvalue weighted by molar-refractivity contribution is 0.0726. The number of aromatic nitrogens is 3. The molecule has 0 bridgehead atoms. The number of H-pyrrole nitrogens is 1. The van der Waals surface area contributed by atoms with Crippen molar-refractivity contribution in [1.82, 2.24) is 19.4 Å². The molecular formula is C23H22N4OS. The maximum Gasteiger partial charge on any atom is 0.272 e. The van der Waals surface area contributed by atoms with Gasteiger partial charge >= 0.3 is 0 Å². The van der Waals surface area contributed by atoms with Gasteiger partial charge < -0.3 is 9.88 Å². The number of fused-ring (bicyclic) bond motifs is 3. The molecule has 1 aliphatic heterocycles. The van der Waals surface area contributed by atoms with Crippen LogP contribution in [-0.4, -0.2) is 38.1 Å². The van der Waals surface area contributed by atoms with Gasteiger partial charge in [0.25, 0.3) is 5.91 Å². The van der Waals surface area contributed by atoms with E-state index in [9.17, 15) is 4.79 Å². The van der Waals surface area contributed by atoms with Crippen LogP contribution in [0.5, 0.6) is 0 Å². The number of carbonyl (C=O) groups excluding carboxylic acids is 1. The fourth-order valence-corrected chi connectivity index (χ4v) is 4.66. The summed E-state index contributed by atoms with van der Waals surface area (Å²) in [5.41, 5.74) is 6.43. The highest BCUT2D eigenvalue weighted by Crippen LogP contribution is 2.30. The van der Waals surface area contributed by atoms with Gasteiger partial charge in [0.15, 0.2) is 5.16 Å². The second-order valence-corrected chi connectivity index (χ2v) is 8.18. The van der Waals surface area contributed by atoms with Crippen LogP contribution < -0.4 is 0 Å². The monoisotopic (exact) mass is 402 g/mol. The van der Waals surface area contributed by atoms with E-state index < -0.39 is 0 Å². The summed E-state index contributed by atoms with van der Waals surface area (Å²) < 4.78 is 1.96. The minimum atomic E-state index is 0.0225. The average molecular weight is 403 g/mol. The Morgan fingerprint density at radius 3 is 2.79 bits per heavy atom. The van der Waals surface area contributed by atoms with E-state index in [2.05, 4.69) is 35.1 Å². The van der Waals surface area contributed by atoms with E-state index in [4.69, 9.17) is 0 Å². The standard InChI is InChI=1S/C23H22N4OS/c1-15-8-9-19-17(12-15)18-14-26(11-10-20(18)25-19)22(28)21-13-24-23(29-2)27(21)16-6-4-3-5-7-16/h3-9,12-13,25H,10-11,14H2,1-2H3. The number of para-hydroxylation sites is 1. The number of carbonyl (C=O) groups is 1. The molecular weight excluding hydrogens is 380 g/mol. The van der Waals surface area contributed by atoms with Crippen molar-refractivity contribution in [2.24, 2.45) is 0 Å². The summed E-state index contributed by atoms with van der Waals surface area (Å²) in [6, 6.07) is 16.4. The highest BCUT2D eigenvalue weighted by Gasteiger charge is 2.28. The predicted molar refractivity (Wildman–Crippen MR) is 117 cm³/mol. The van der Waals surface area contributed by atoms with E-state index in [1.165, 1.54) is 22.2 Å². The largest absolute Gasteiger partial charge is 0.358 e. The lowest BCUT2D eigenvalue weighted by atomic mass is 10.0. The molecule has 2 aromatic carbocycles. The van der Waals surface area contributed by atoms with E-state index in [1.54, 1.807) is 18.0 Å². The second-order valence-electron chi connectivity index (χ2n) is 7.41. The zero-order valence-electron chi connectivity index (χ0n) is 16.5. The van der Waals surface area contributed by atoms with Gasteiger partial charge in [0, 0.05) is 47.4 Å². The first-order valence-electron chi connectivity index (χ1n) is 9.72. The molecule has 1 aliphatic rings. The molecule has 5 nitrogen and oxygen atoms in total. The zero-order valence-corrected chi connectivity index (χ0v) is 17.3. The van der Waals surface area contributed by atoms with Gasteiger partial charge in [-0.2, -0.15) is 0 Å². The SMILES string of the molecule is CSc1ncc(C(=O)N2CCc3[nH]c4ccc(C)cc4c3C2)n1-c1ccccc1. The first-order valence-corrected chi connectivity index (χ1v) is 10.9. The Balaban J connectivity index is 1.52. The van der Waals surface area contributed by atoms with Crippen LogP contribution >= 0.6 is 11.8 Å². The molecule has 0 saturated heterocycles. The molecule has 3 heterocycles. The van der Waals surface area contributed by atoms with Crippen LogP contribution in [0.1, 0.15) is 27.3 Å². The van der Waals surface area contributed by atoms with E-state index in [0.717, 1.165) is 22.8 Å². The molecule has 4 aromatic rings. The van der Waals surface area contributed by atoms with Crippen molar-refractivity contribution in [3.63, 3.8) is 0 Å². The third kappa shape index (κ3) is 3.04. The number of hydrogen-bond acceptors (Lipinski definition) is 3. The first kappa shape index (κ1) is 18.1. The minimum absolute atomic E-state index is 0.0225. The predicted octanol–water partition coefficient (Wildman–Crippen LogP) is 4.58. The quantitative estimate of drug-likeness (QED) is 0.510. The highest BCUT2D eigenvalue weighted by molar-refractivity contribution is 7.98.